The normalized spacial score (nSPS) is 19.3. The molecule has 6 nitrogen and oxygen atoms in total. The van der Waals surface area contributed by atoms with Crippen LogP contribution in [0.5, 0.6) is 0 Å². The number of aromatic carboxylic acids is 1. The molecule has 0 radical (unpaired) electrons. The second-order valence-electron chi connectivity index (χ2n) is 8.45. The van der Waals surface area contributed by atoms with E-state index in [2.05, 4.69) is 4.90 Å². The molecule has 2 aromatic rings. The van der Waals surface area contributed by atoms with Gasteiger partial charge in [-0.1, -0.05) is 6.42 Å². The molecule has 2 fully saturated rings. The lowest BCUT2D eigenvalue weighted by Gasteiger charge is -2.24. The Morgan fingerprint density at radius 1 is 1.31 bits per heavy atom. The third-order valence-electron chi connectivity index (χ3n) is 6.36. The van der Waals surface area contributed by atoms with Gasteiger partial charge in [-0.3, -0.25) is 9.20 Å². The summed E-state index contributed by atoms with van der Waals surface area (Å²) in [5, 5.41) is 9.41. The fourth-order valence-electron chi connectivity index (χ4n) is 4.74. The summed E-state index contributed by atoms with van der Waals surface area (Å²) in [4.78, 5) is 26.3. The monoisotopic (exact) mass is 401 g/mol. The maximum absolute atomic E-state index is 15.2. The molecule has 1 aliphatic heterocycles. The molecule has 2 aromatic heterocycles. The molecule has 3 heterocycles. The number of aryl methyl sites for hydroxylation is 1. The smallest absolute Gasteiger partial charge is 0.341 e. The Labute approximate surface area is 169 Å². The minimum absolute atomic E-state index is 0.239. The maximum atomic E-state index is 15.2. The van der Waals surface area contributed by atoms with Gasteiger partial charge in [0, 0.05) is 13.1 Å². The molecule has 156 valence electrons. The number of halogens is 1. The summed E-state index contributed by atoms with van der Waals surface area (Å²) in [5.74, 6) is -0.975. The maximum Gasteiger partial charge on any atom is 0.341 e. The van der Waals surface area contributed by atoms with Crippen LogP contribution >= 0.6 is 0 Å². The van der Waals surface area contributed by atoms with Gasteiger partial charge in [-0.05, 0) is 74.6 Å². The van der Waals surface area contributed by atoms with Crippen molar-refractivity contribution in [1.82, 2.24) is 4.40 Å². The molecule has 1 unspecified atom stereocenters. The van der Waals surface area contributed by atoms with Crippen molar-refractivity contribution < 1.29 is 14.3 Å². The van der Waals surface area contributed by atoms with Gasteiger partial charge in [0.2, 0.25) is 0 Å². The van der Waals surface area contributed by atoms with Crippen LogP contribution in [0, 0.1) is 18.7 Å². The molecule has 0 amide bonds. The van der Waals surface area contributed by atoms with Crippen molar-refractivity contribution in [3.8, 4) is 0 Å². The second kappa shape index (κ2) is 7.78. The van der Waals surface area contributed by atoms with Crippen LogP contribution in [0.25, 0.3) is 5.52 Å². The van der Waals surface area contributed by atoms with Crippen LogP contribution in [-0.4, -0.2) is 35.1 Å². The lowest BCUT2D eigenvalue weighted by atomic mass is 10.0. The molecule has 1 atom stereocenters. The third-order valence-corrected chi connectivity index (χ3v) is 6.36. The van der Waals surface area contributed by atoms with Crippen molar-refractivity contribution in [3.63, 3.8) is 0 Å². The number of aromatic nitrogens is 1. The Kier molecular flexibility index (Phi) is 5.34. The molecule has 1 saturated heterocycles. The van der Waals surface area contributed by atoms with Crippen LogP contribution < -0.4 is 16.2 Å². The van der Waals surface area contributed by atoms with Gasteiger partial charge < -0.3 is 15.7 Å². The van der Waals surface area contributed by atoms with Crippen molar-refractivity contribution in [2.45, 2.75) is 51.4 Å². The fraction of sp³-hybridized carbons (Fsp3) is 0.545. The molecular formula is C22H28FN3O3. The van der Waals surface area contributed by atoms with Crippen LogP contribution in [0.15, 0.2) is 17.1 Å². The highest BCUT2D eigenvalue weighted by Gasteiger charge is 2.32. The number of anilines is 1. The Morgan fingerprint density at radius 2 is 2.07 bits per heavy atom. The number of nitrogens with two attached hydrogens (primary N) is 1. The van der Waals surface area contributed by atoms with Gasteiger partial charge in [0.05, 0.1) is 17.4 Å². The van der Waals surface area contributed by atoms with E-state index >= 15 is 4.39 Å². The average Bonchev–Trinajstić information content (AvgIpc) is 3.42. The number of rotatable bonds is 7. The van der Waals surface area contributed by atoms with Crippen molar-refractivity contribution in [2.75, 3.05) is 24.5 Å². The summed E-state index contributed by atoms with van der Waals surface area (Å²) in [7, 11) is 0. The first-order valence-corrected chi connectivity index (χ1v) is 10.5. The predicted molar refractivity (Wildman–Crippen MR) is 111 cm³/mol. The number of unbranched alkanes of at least 4 members (excludes halogenated alkanes) is 1. The number of hydrogen-bond donors (Lipinski definition) is 2. The minimum atomic E-state index is -1.27. The van der Waals surface area contributed by atoms with Crippen molar-refractivity contribution in [1.29, 1.82) is 0 Å². The zero-order valence-electron chi connectivity index (χ0n) is 16.8. The van der Waals surface area contributed by atoms with E-state index in [1.165, 1.54) is 16.7 Å². The lowest BCUT2D eigenvalue weighted by Crippen LogP contribution is -2.27. The molecule has 4 rings (SSSR count). The molecule has 2 aliphatic rings. The van der Waals surface area contributed by atoms with E-state index in [9.17, 15) is 14.7 Å². The average molecular weight is 401 g/mol. The zero-order chi connectivity index (χ0) is 20.7. The van der Waals surface area contributed by atoms with Crippen LogP contribution in [-0.2, 0) is 0 Å². The fourth-order valence-corrected chi connectivity index (χ4v) is 4.74. The van der Waals surface area contributed by atoms with Crippen molar-refractivity contribution in [3.05, 3.63) is 45.1 Å². The zero-order valence-corrected chi connectivity index (χ0v) is 16.8. The minimum Gasteiger partial charge on any atom is -0.477 e. The topological polar surface area (TPSA) is 88.0 Å². The molecule has 0 spiro atoms. The summed E-state index contributed by atoms with van der Waals surface area (Å²) in [6.45, 7) is 4.14. The molecular weight excluding hydrogens is 373 g/mol. The van der Waals surface area contributed by atoms with Gasteiger partial charge in [0.25, 0.3) is 5.56 Å². The second-order valence-corrected chi connectivity index (χ2v) is 8.45. The molecule has 1 saturated carbocycles. The van der Waals surface area contributed by atoms with Crippen LogP contribution in [0.4, 0.5) is 10.1 Å². The molecule has 0 aromatic carbocycles. The van der Waals surface area contributed by atoms with Gasteiger partial charge in [-0.2, -0.15) is 0 Å². The van der Waals surface area contributed by atoms with E-state index in [0.29, 0.717) is 23.7 Å². The quantitative estimate of drug-likeness (QED) is 0.695. The summed E-state index contributed by atoms with van der Waals surface area (Å²) < 4.78 is 16.4. The van der Waals surface area contributed by atoms with Gasteiger partial charge in [0.15, 0.2) is 5.82 Å². The largest absolute Gasteiger partial charge is 0.477 e. The van der Waals surface area contributed by atoms with E-state index in [1.54, 1.807) is 0 Å². The van der Waals surface area contributed by atoms with E-state index < -0.39 is 17.3 Å². The number of nitrogens with zero attached hydrogens (tertiary/aromatic N) is 2. The number of fused-ring (bicyclic) bond motifs is 1. The first-order chi connectivity index (χ1) is 13.9. The van der Waals surface area contributed by atoms with E-state index in [0.717, 1.165) is 62.7 Å². The molecule has 7 heteroatoms. The number of hydrogen-bond acceptors (Lipinski definition) is 4. The Hall–Kier alpha value is -2.41. The summed E-state index contributed by atoms with van der Waals surface area (Å²) >= 11 is 0. The Balaban J connectivity index is 1.77. The van der Waals surface area contributed by atoms with E-state index in [1.807, 2.05) is 6.92 Å². The van der Waals surface area contributed by atoms with Crippen LogP contribution in [0.3, 0.4) is 0 Å². The first kappa shape index (κ1) is 19.9. The molecule has 1 aliphatic carbocycles. The number of carbonyl (C=O) groups is 1. The third kappa shape index (κ3) is 3.64. The highest BCUT2D eigenvalue weighted by molar-refractivity contribution is 5.89. The first-order valence-electron chi connectivity index (χ1n) is 10.5. The SMILES string of the molecule is Cc1c(N2CCC(CCCCN)C2)c(F)cn2c(=O)c(C(=O)O)cc(C3CC3)c12. The van der Waals surface area contributed by atoms with Gasteiger partial charge in [-0.25, -0.2) is 9.18 Å². The van der Waals surface area contributed by atoms with Gasteiger partial charge >= 0.3 is 5.97 Å². The lowest BCUT2D eigenvalue weighted by molar-refractivity contribution is 0.0694. The molecule has 29 heavy (non-hydrogen) atoms. The summed E-state index contributed by atoms with van der Waals surface area (Å²) in [6.07, 6.45) is 7.33. The number of pyridine rings is 2. The predicted octanol–water partition coefficient (Wildman–Crippen LogP) is 3.28. The Morgan fingerprint density at radius 3 is 2.72 bits per heavy atom. The van der Waals surface area contributed by atoms with Gasteiger partial charge in [0.1, 0.15) is 5.56 Å². The standard InChI is InChI=1S/C22H28FN3O3/c1-13-19-16(15-5-6-15)10-17(22(28)29)21(27)26(19)12-18(23)20(13)25-9-7-14(11-25)4-2-3-8-24/h10,12,14-15H,2-9,11,24H2,1H3,(H,28,29). The highest BCUT2D eigenvalue weighted by Crippen LogP contribution is 2.44. The van der Waals surface area contributed by atoms with E-state index in [-0.39, 0.29) is 11.5 Å². The van der Waals surface area contributed by atoms with Crippen LogP contribution in [0.1, 0.15) is 65.9 Å². The van der Waals surface area contributed by atoms with Crippen molar-refractivity contribution >= 4 is 17.2 Å². The van der Waals surface area contributed by atoms with Crippen LogP contribution in [0.2, 0.25) is 0 Å². The number of carboxylic acids is 1. The van der Waals surface area contributed by atoms with Gasteiger partial charge in [-0.15, -0.1) is 0 Å². The summed E-state index contributed by atoms with van der Waals surface area (Å²) in [5.41, 5.74) is 7.41. The Bertz CT molecular complexity index is 1010. The molecule has 3 N–H and O–H groups in total. The number of carboxylic acid groups (broad SMARTS) is 1. The van der Waals surface area contributed by atoms with E-state index in [4.69, 9.17) is 5.73 Å². The highest BCUT2D eigenvalue weighted by atomic mass is 19.1. The molecule has 0 bridgehead atoms. The summed E-state index contributed by atoms with van der Waals surface area (Å²) in [6, 6.07) is 1.51. The van der Waals surface area contributed by atoms with Crippen molar-refractivity contribution in [2.24, 2.45) is 11.7 Å².